The van der Waals surface area contributed by atoms with Crippen molar-refractivity contribution in [2.45, 2.75) is 6.54 Å². The van der Waals surface area contributed by atoms with Gasteiger partial charge in [0.2, 0.25) is 0 Å². The van der Waals surface area contributed by atoms with E-state index in [-0.39, 0.29) is 0 Å². The van der Waals surface area contributed by atoms with Gasteiger partial charge in [-0.3, -0.25) is 14.5 Å². The Bertz CT molecular complexity index is 821. The first kappa shape index (κ1) is 17.6. The molecule has 26 heavy (non-hydrogen) atoms. The van der Waals surface area contributed by atoms with Crippen molar-refractivity contribution in [1.82, 2.24) is 9.80 Å². The predicted octanol–water partition coefficient (Wildman–Crippen LogP) is 1.84. The first-order valence-corrected chi connectivity index (χ1v) is 8.52. The molecule has 0 radical (unpaired) electrons. The Labute approximate surface area is 152 Å². The number of nitrogens with one attached hydrogen (secondary N) is 1. The van der Waals surface area contributed by atoms with E-state index in [2.05, 4.69) is 22.3 Å². The highest BCUT2D eigenvalue weighted by molar-refractivity contribution is 6.39. The zero-order chi connectivity index (χ0) is 18.4. The summed E-state index contributed by atoms with van der Waals surface area (Å²) in [6.45, 7) is 3.36. The number of amides is 2. The summed E-state index contributed by atoms with van der Waals surface area (Å²) < 4.78 is 0. The SMILES string of the molecule is N#Cc1cccc(NC(=O)C(=O)N2CCN(Cc3ccccc3)CC2)c1. The van der Waals surface area contributed by atoms with E-state index >= 15 is 0 Å². The topological polar surface area (TPSA) is 76.4 Å². The quantitative estimate of drug-likeness (QED) is 0.859. The average molecular weight is 348 g/mol. The summed E-state index contributed by atoms with van der Waals surface area (Å²) >= 11 is 0. The normalized spacial score (nSPS) is 14.5. The Morgan fingerprint density at radius 1 is 1.00 bits per heavy atom. The molecule has 1 fully saturated rings. The third-order valence-corrected chi connectivity index (χ3v) is 4.35. The number of piperazine rings is 1. The molecule has 0 spiro atoms. The molecule has 132 valence electrons. The minimum atomic E-state index is -0.670. The van der Waals surface area contributed by atoms with Gasteiger partial charge in [0.15, 0.2) is 0 Å². The second-order valence-electron chi connectivity index (χ2n) is 6.20. The van der Waals surface area contributed by atoms with E-state index in [0.717, 1.165) is 19.6 Å². The molecule has 1 aliphatic rings. The van der Waals surface area contributed by atoms with Crippen LogP contribution in [0.5, 0.6) is 0 Å². The van der Waals surface area contributed by atoms with Gasteiger partial charge in [-0.1, -0.05) is 36.4 Å². The summed E-state index contributed by atoms with van der Waals surface area (Å²) in [6.07, 6.45) is 0. The second-order valence-corrected chi connectivity index (χ2v) is 6.20. The minimum Gasteiger partial charge on any atom is -0.332 e. The summed E-state index contributed by atoms with van der Waals surface area (Å²) in [5.41, 5.74) is 2.12. The number of hydrogen-bond acceptors (Lipinski definition) is 4. The lowest BCUT2D eigenvalue weighted by atomic mass is 10.2. The van der Waals surface area contributed by atoms with Crippen LogP contribution in [-0.4, -0.2) is 47.8 Å². The highest BCUT2D eigenvalue weighted by Crippen LogP contribution is 2.12. The van der Waals surface area contributed by atoms with Gasteiger partial charge in [-0.2, -0.15) is 5.26 Å². The Morgan fingerprint density at radius 3 is 2.42 bits per heavy atom. The maximum Gasteiger partial charge on any atom is 0.313 e. The molecule has 1 saturated heterocycles. The number of nitrogens with zero attached hydrogens (tertiary/aromatic N) is 3. The summed E-state index contributed by atoms with van der Waals surface area (Å²) in [6, 6.07) is 18.7. The predicted molar refractivity (Wildman–Crippen MR) is 98.1 cm³/mol. The molecule has 6 nitrogen and oxygen atoms in total. The Morgan fingerprint density at radius 2 is 1.73 bits per heavy atom. The number of carbonyl (C=O) groups is 2. The molecule has 2 aromatic carbocycles. The number of benzene rings is 2. The fraction of sp³-hybridized carbons (Fsp3) is 0.250. The Balaban J connectivity index is 1.51. The molecule has 3 rings (SSSR count). The highest BCUT2D eigenvalue weighted by atomic mass is 16.2. The molecule has 2 amide bonds. The minimum absolute atomic E-state index is 0.435. The third kappa shape index (κ3) is 4.47. The number of rotatable bonds is 3. The largest absolute Gasteiger partial charge is 0.332 e. The number of carbonyl (C=O) groups excluding carboxylic acids is 2. The molecule has 0 atom stereocenters. The fourth-order valence-electron chi connectivity index (χ4n) is 2.95. The van der Waals surface area contributed by atoms with Gasteiger partial charge in [0.25, 0.3) is 0 Å². The van der Waals surface area contributed by atoms with E-state index < -0.39 is 11.8 Å². The first-order chi connectivity index (χ1) is 12.7. The van der Waals surface area contributed by atoms with Gasteiger partial charge in [0.05, 0.1) is 11.6 Å². The van der Waals surface area contributed by atoms with Gasteiger partial charge in [-0.05, 0) is 23.8 Å². The molecule has 6 heteroatoms. The molecule has 0 unspecified atom stereocenters. The van der Waals surface area contributed by atoms with Crippen molar-refractivity contribution >= 4 is 17.5 Å². The van der Waals surface area contributed by atoms with Gasteiger partial charge in [0.1, 0.15) is 0 Å². The van der Waals surface area contributed by atoms with Gasteiger partial charge in [0, 0.05) is 38.4 Å². The molecule has 2 aromatic rings. The summed E-state index contributed by atoms with van der Waals surface area (Å²) in [5, 5.41) is 11.5. The van der Waals surface area contributed by atoms with Crippen molar-refractivity contribution in [2.75, 3.05) is 31.5 Å². The van der Waals surface area contributed by atoms with Crippen LogP contribution in [0, 0.1) is 11.3 Å². The van der Waals surface area contributed by atoms with Crippen molar-refractivity contribution < 1.29 is 9.59 Å². The van der Waals surface area contributed by atoms with Crippen LogP contribution in [0.3, 0.4) is 0 Å². The first-order valence-electron chi connectivity index (χ1n) is 8.52. The van der Waals surface area contributed by atoms with Crippen molar-refractivity contribution in [3.8, 4) is 6.07 Å². The summed E-state index contributed by atoms with van der Waals surface area (Å²) in [7, 11) is 0. The van der Waals surface area contributed by atoms with E-state index in [9.17, 15) is 9.59 Å². The Kier molecular flexibility index (Phi) is 5.62. The molecule has 0 aromatic heterocycles. The smallest absolute Gasteiger partial charge is 0.313 e. The average Bonchev–Trinajstić information content (AvgIpc) is 2.69. The Hall–Kier alpha value is -3.17. The maximum absolute atomic E-state index is 12.4. The third-order valence-electron chi connectivity index (χ3n) is 4.35. The van der Waals surface area contributed by atoms with E-state index in [1.54, 1.807) is 29.2 Å². The van der Waals surface area contributed by atoms with Crippen molar-refractivity contribution in [3.63, 3.8) is 0 Å². The zero-order valence-electron chi connectivity index (χ0n) is 14.4. The number of hydrogen-bond donors (Lipinski definition) is 1. The lowest BCUT2D eigenvalue weighted by Gasteiger charge is -2.34. The van der Waals surface area contributed by atoms with Crippen LogP contribution in [0.15, 0.2) is 54.6 Å². The molecule has 0 saturated carbocycles. The zero-order valence-corrected chi connectivity index (χ0v) is 14.4. The molecule has 0 aliphatic carbocycles. The van der Waals surface area contributed by atoms with Crippen LogP contribution in [0.25, 0.3) is 0 Å². The molecular formula is C20H20N4O2. The van der Waals surface area contributed by atoms with Gasteiger partial charge in [-0.15, -0.1) is 0 Å². The van der Waals surface area contributed by atoms with Crippen LogP contribution in [0.1, 0.15) is 11.1 Å². The van der Waals surface area contributed by atoms with E-state index in [4.69, 9.17) is 5.26 Å². The fourth-order valence-corrected chi connectivity index (χ4v) is 2.95. The molecular weight excluding hydrogens is 328 g/mol. The van der Waals surface area contributed by atoms with Crippen molar-refractivity contribution in [2.24, 2.45) is 0 Å². The molecule has 1 heterocycles. The molecule has 1 aliphatic heterocycles. The van der Waals surface area contributed by atoms with Crippen LogP contribution >= 0.6 is 0 Å². The van der Waals surface area contributed by atoms with Crippen molar-refractivity contribution in [3.05, 3.63) is 65.7 Å². The summed E-state index contributed by atoms with van der Waals surface area (Å²) in [5.74, 6) is -1.21. The number of nitriles is 1. The van der Waals surface area contributed by atoms with E-state index in [1.165, 1.54) is 5.56 Å². The molecule has 1 N–H and O–H groups in total. The van der Waals surface area contributed by atoms with Crippen molar-refractivity contribution in [1.29, 1.82) is 5.26 Å². The van der Waals surface area contributed by atoms with Crippen LogP contribution in [-0.2, 0) is 16.1 Å². The van der Waals surface area contributed by atoms with Gasteiger partial charge in [-0.25, -0.2) is 0 Å². The monoisotopic (exact) mass is 348 g/mol. The lowest BCUT2D eigenvalue weighted by molar-refractivity contribution is -0.144. The second kappa shape index (κ2) is 8.28. The highest BCUT2D eigenvalue weighted by Gasteiger charge is 2.26. The lowest BCUT2D eigenvalue weighted by Crippen LogP contribution is -2.51. The van der Waals surface area contributed by atoms with Crippen LogP contribution in [0.4, 0.5) is 5.69 Å². The van der Waals surface area contributed by atoms with Crippen LogP contribution in [0.2, 0.25) is 0 Å². The van der Waals surface area contributed by atoms with E-state index in [1.807, 2.05) is 24.3 Å². The standard InChI is InChI=1S/C20H20N4O2/c21-14-17-7-4-8-18(13-17)22-19(25)20(26)24-11-9-23(10-12-24)15-16-5-2-1-3-6-16/h1-8,13H,9-12,15H2,(H,22,25). The summed E-state index contributed by atoms with van der Waals surface area (Å²) in [4.78, 5) is 28.4. The van der Waals surface area contributed by atoms with Crippen LogP contribution < -0.4 is 5.32 Å². The maximum atomic E-state index is 12.4. The van der Waals surface area contributed by atoms with Gasteiger partial charge >= 0.3 is 11.8 Å². The number of anilines is 1. The molecule has 0 bridgehead atoms. The van der Waals surface area contributed by atoms with E-state index in [0.29, 0.717) is 24.3 Å². The van der Waals surface area contributed by atoms with Gasteiger partial charge < -0.3 is 10.2 Å².